The summed E-state index contributed by atoms with van der Waals surface area (Å²) in [6.07, 6.45) is 6.32. The SMILES string of the molecule is CCC(C)(C)C1CCC(Nc2ccc(F)cc2)CC1. The van der Waals surface area contributed by atoms with Crippen molar-refractivity contribution in [2.45, 2.75) is 58.9 Å². The molecule has 0 saturated heterocycles. The lowest BCUT2D eigenvalue weighted by Gasteiger charge is -2.39. The maximum absolute atomic E-state index is 12.9. The van der Waals surface area contributed by atoms with Crippen LogP contribution >= 0.6 is 0 Å². The first kappa shape index (κ1) is 14.4. The molecule has 1 aliphatic carbocycles. The maximum atomic E-state index is 12.9. The maximum Gasteiger partial charge on any atom is 0.123 e. The number of hydrogen-bond donors (Lipinski definition) is 1. The zero-order valence-electron chi connectivity index (χ0n) is 12.4. The Balaban J connectivity index is 1.85. The fraction of sp³-hybridized carbons (Fsp3) is 0.647. The fourth-order valence-corrected chi connectivity index (χ4v) is 3.09. The molecule has 0 unspecified atom stereocenters. The van der Waals surface area contributed by atoms with Crippen molar-refractivity contribution in [1.82, 2.24) is 0 Å². The minimum Gasteiger partial charge on any atom is -0.382 e. The van der Waals surface area contributed by atoms with Gasteiger partial charge in [-0.05, 0) is 61.3 Å². The lowest BCUT2D eigenvalue weighted by Crippen LogP contribution is -2.32. The van der Waals surface area contributed by atoms with Crippen LogP contribution in [0.25, 0.3) is 0 Å². The summed E-state index contributed by atoms with van der Waals surface area (Å²) in [5, 5.41) is 3.53. The van der Waals surface area contributed by atoms with Crippen molar-refractivity contribution in [2.24, 2.45) is 11.3 Å². The Kier molecular flexibility index (Phi) is 4.49. The fourth-order valence-electron chi connectivity index (χ4n) is 3.09. The summed E-state index contributed by atoms with van der Waals surface area (Å²) in [6, 6.07) is 7.26. The van der Waals surface area contributed by atoms with Crippen molar-refractivity contribution in [1.29, 1.82) is 0 Å². The molecule has 0 atom stereocenters. The molecular weight excluding hydrogens is 237 g/mol. The number of benzene rings is 1. The van der Waals surface area contributed by atoms with Crippen LogP contribution in [0.5, 0.6) is 0 Å². The van der Waals surface area contributed by atoms with Crippen molar-refractivity contribution in [2.75, 3.05) is 5.32 Å². The van der Waals surface area contributed by atoms with Crippen LogP contribution in [-0.2, 0) is 0 Å². The number of hydrogen-bond acceptors (Lipinski definition) is 1. The summed E-state index contributed by atoms with van der Waals surface area (Å²) >= 11 is 0. The predicted molar refractivity (Wildman–Crippen MR) is 79.8 cm³/mol. The Morgan fingerprint density at radius 1 is 1.11 bits per heavy atom. The smallest absolute Gasteiger partial charge is 0.123 e. The Morgan fingerprint density at radius 2 is 1.68 bits per heavy atom. The molecule has 1 saturated carbocycles. The van der Waals surface area contributed by atoms with Crippen LogP contribution < -0.4 is 5.32 Å². The molecule has 1 fully saturated rings. The van der Waals surface area contributed by atoms with E-state index in [-0.39, 0.29) is 5.82 Å². The Bertz CT molecular complexity index is 388. The normalized spacial score (nSPS) is 24.2. The van der Waals surface area contributed by atoms with Gasteiger partial charge in [0.1, 0.15) is 5.82 Å². The van der Waals surface area contributed by atoms with E-state index in [1.54, 1.807) is 0 Å². The van der Waals surface area contributed by atoms with Gasteiger partial charge in [0, 0.05) is 11.7 Å². The molecule has 2 rings (SSSR count). The first-order valence-electron chi connectivity index (χ1n) is 7.53. The Hall–Kier alpha value is -1.05. The predicted octanol–water partition coefficient (Wildman–Crippen LogP) is 5.23. The third-order valence-electron chi connectivity index (χ3n) is 4.96. The highest BCUT2D eigenvalue weighted by molar-refractivity contribution is 5.43. The molecule has 1 aromatic rings. The van der Waals surface area contributed by atoms with Gasteiger partial charge in [0.2, 0.25) is 0 Å². The molecule has 1 N–H and O–H groups in total. The highest BCUT2D eigenvalue weighted by Gasteiger charge is 2.31. The molecule has 19 heavy (non-hydrogen) atoms. The highest BCUT2D eigenvalue weighted by Crippen LogP contribution is 2.40. The van der Waals surface area contributed by atoms with Crippen LogP contribution in [0.15, 0.2) is 24.3 Å². The van der Waals surface area contributed by atoms with Crippen LogP contribution in [0, 0.1) is 17.2 Å². The highest BCUT2D eigenvalue weighted by atomic mass is 19.1. The molecule has 0 radical (unpaired) electrons. The number of rotatable bonds is 4. The molecule has 0 heterocycles. The van der Waals surface area contributed by atoms with Crippen molar-refractivity contribution in [3.63, 3.8) is 0 Å². The summed E-state index contributed by atoms with van der Waals surface area (Å²) in [5.41, 5.74) is 1.51. The van der Waals surface area contributed by atoms with Gasteiger partial charge in [-0.3, -0.25) is 0 Å². The molecule has 0 amide bonds. The van der Waals surface area contributed by atoms with Gasteiger partial charge in [-0.1, -0.05) is 27.2 Å². The second-order valence-electron chi connectivity index (χ2n) is 6.54. The van der Waals surface area contributed by atoms with Gasteiger partial charge in [0.05, 0.1) is 0 Å². The van der Waals surface area contributed by atoms with E-state index in [1.165, 1.54) is 44.2 Å². The number of anilines is 1. The second-order valence-corrected chi connectivity index (χ2v) is 6.54. The molecule has 1 nitrogen and oxygen atoms in total. The molecule has 0 aliphatic heterocycles. The average molecular weight is 263 g/mol. The molecule has 1 aliphatic rings. The third-order valence-corrected chi connectivity index (χ3v) is 4.96. The Morgan fingerprint density at radius 3 is 2.21 bits per heavy atom. The molecule has 1 aromatic carbocycles. The van der Waals surface area contributed by atoms with Gasteiger partial charge >= 0.3 is 0 Å². The summed E-state index contributed by atoms with van der Waals surface area (Å²) in [4.78, 5) is 0. The van der Waals surface area contributed by atoms with E-state index in [1.807, 2.05) is 12.1 Å². The molecule has 2 heteroatoms. The van der Waals surface area contributed by atoms with Crippen LogP contribution in [0.3, 0.4) is 0 Å². The van der Waals surface area contributed by atoms with E-state index < -0.39 is 0 Å². The van der Waals surface area contributed by atoms with Crippen LogP contribution in [0.4, 0.5) is 10.1 Å². The van der Waals surface area contributed by atoms with Crippen LogP contribution in [0.1, 0.15) is 52.9 Å². The lowest BCUT2D eigenvalue weighted by atomic mass is 9.69. The summed E-state index contributed by atoms with van der Waals surface area (Å²) in [5.74, 6) is 0.683. The van der Waals surface area contributed by atoms with Crippen LogP contribution in [0.2, 0.25) is 0 Å². The van der Waals surface area contributed by atoms with E-state index in [0.717, 1.165) is 11.6 Å². The minimum atomic E-state index is -0.168. The van der Waals surface area contributed by atoms with Gasteiger partial charge in [-0.25, -0.2) is 4.39 Å². The lowest BCUT2D eigenvalue weighted by molar-refractivity contribution is 0.147. The van der Waals surface area contributed by atoms with Crippen molar-refractivity contribution >= 4 is 5.69 Å². The quantitative estimate of drug-likeness (QED) is 0.784. The number of nitrogens with one attached hydrogen (secondary N) is 1. The van der Waals surface area contributed by atoms with Crippen molar-refractivity contribution < 1.29 is 4.39 Å². The number of halogens is 1. The van der Waals surface area contributed by atoms with Gasteiger partial charge < -0.3 is 5.32 Å². The van der Waals surface area contributed by atoms with E-state index in [0.29, 0.717) is 11.5 Å². The van der Waals surface area contributed by atoms with Gasteiger partial charge in [-0.15, -0.1) is 0 Å². The minimum absolute atomic E-state index is 0.168. The van der Waals surface area contributed by atoms with Gasteiger partial charge in [0.15, 0.2) is 0 Å². The van der Waals surface area contributed by atoms with E-state index in [4.69, 9.17) is 0 Å². The zero-order valence-corrected chi connectivity index (χ0v) is 12.4. The average Bonchev–Trinajstić information content (AvgIpc) is 2.42. The standard InChI is InChI=1S/C17H26FN/c1-4-17(2,3)13-5-9-15(10-6-13)19-16-11-7-14(18)8-12-16/h7-8,11-13,15,19H,4-6,9-10H2,1-3H3. The van der Waals surface area contributed by atoms with E-state index in [9.17, 15) is 4.39 Å². The van der Waals surface area contributed by atoms with Gasteiger partial charge in [-0.2, -0.15) is 0 Å². The van der Waals surface area contributed by atoms with Crippen molar-refractivity contribution in [3.8, 4) is 0 Å². The second kappa shape index (κ2) is 5.94. The first-order chi connectivity index (χ1) is 9.01. The molecule has 0 aromatic heterocycles. The summed E-state index contributed by atoms with van der Waals surface area (Å²) in [6.45, 7) is 7.08. The molecule has 0 spiro atoms. The van der Waals surface area contributed by atoms with E-state index >= 15 is 0 Å². The molecular formula is C17H26FN. The molecule has 0 bridgehead atoms. The summed E-state index contributed by atoms with van der Waals surface area (Å²) < 4.78 is 12.9. The largest absolute Gasteiger partial charge is 0.382 e. The molecule has 106 valence electrons. The van der Waals surface area contributed by atoms with Crippen molar-refractivity contribution in [3.05, 3.63) is 30.1 Å². The van der Waals surface area contributed by atoms with E-state index in [2.05, 4.69) is 26.1 Å². The zero-order chi connectivity index (χ0) is 13.9. The third kappa shape index (κ3) is 3.71. The topological polar surface area (TPSA) is 12.0 Å². The monoisotopic (exact) mass is 263 g/mol. The summed E-state index contributed by atoms with van der Waals surface area (Å²) in [7, 11) is 0. The first-order valence-corrected chi connectivity index (χ1v) is 7.53. The van der Waals surface area contributed by atoms with Gasteiger partial charge in [0.25, 0.3) is 0 Å². The Labute approximate surface area is 116 Å². The van der Waals surface area contributed by atoms with Crippen LogP contribution in [-0.4, -0.2) is 6.04 Å².